The summed E-state index contributed by atoms with van der Waals surface area (Å²) >= 11 is 0.773. The van der Waals surface area contributed by atoms with Gasteiger partial charge in [0.15, 0.2) is 5.16 Å². The van der Waals surface area contributed by atoms with Gasteiger partial charge in [-0.15, -0.1) is 0 Å². The van der Waals surface area contributed by atoms with Gasteiger partial charge in [-0.1, -0.05) is 24.2 Å². The first-order valence-electron chi connectivity index (χ1n) is 9.55. The van der Waals surface area contributed by atoms with Crippen LogP contribution in [0.1, 0.15) is 31.9 Å². The number of hydrogen-bond acceptors (Lipinski definition) is 6. The Hall–Kier alpha value is -2.18. The molecule has 1 aromatic carbocycles. The molecule has 1 aromatic heterocycles. The molecular formula is C19H21F3N4O3S2. The molecule has 2 heterocycles. The van der Waals surface area contributed by atoms with Crippen molar-refractivity contribution in [1.82, 2.24) is 14.3 Å². The molecule has 1 saturated heterocycles. The minimum Gasteiger partial charge on any atom is -0.325 e. The molecule has 1 atom stereocenters. The van der Waals surface area contributed by atoms with Gasteiger partial charge in [0.25, 0.3) is 0 Å². The molecule has 12 heteroatoms. The van der Waals surface area contributed by atoms with Gasteiger partial charge in [0.1, 0.15) is 5.69 Å². The molecule has 168 valence electrons. The maximum absolute atomic E-state index is 12.8. The highest BCUT2D eigenvalue weighted by Crippen LogP contribution is 2.29. The normalized spacial score (nSPS) is 16.6. The number of aromatic nitrogens is 2. The van der Waals surface area contributed by atoms with Gasteiger partial charge in [-0.2, -0.15) is 17.5 Å². The van der Waals surface area contributed by atoms with Crippen molar-refractivity contribution in [1.29, 1.82) is 0 Å². The van der Waals surface area contributed by atoms with Crippen LogP contribution in [-0.4, -0.2) is 46.9 Å². The Morgan fingerprint density at radius 3 is 2.58 bits per heavy atom. The summed E-state index contributed by atoms with van der Waals surface area (Å²) in [6.07, 6.45) is -1.01. The average molecular weight is 475 g/mol. The summed E-state index contributed by atoms with van der Waals surface area (Å²) in [5, 5.41) is 1.61. The number of amides is 1. The third-order valence-corrected chi connectivity index (χ3v) is 7.50. The molecule has 3 rings (SSSR count). The highest BCUT2D eigenvalue weighted by atomic mass is 32.2. The van der Waals surface area contributed by atoms with E-state index in [4.69, 9.17) is 0 Å². The molecule has 0 aliphatic carbocycles. The Bertz CT molecular complexity index is 1040. The largest absolute Gasteiger partial charge is 0.433 e. The van der Waals surface area contributed by atoms with Crippen molar-refractivity contribution >= 4 is 33.4 Å². The van der Waals surface area contributed by atoms with Gasteiger partial charge < -0.3 is 5.32 Å². The first-order chi connectivity index (χ1) is 14.6. The predicted molar refractivity (Wildman–Crippen MR) is 110 cm³/mol. The van der Waals surface area contributed by atoms with Gasteiger partial charge >= 0.3 is 6.18 Å². The smallest absolute Gasteiger partial charge is 0.325 e. The zero-order valence-electron chi connectivity index (χ0n) is 16.6. The van der Waals surface area contributed by atoms with Gasteiger partial charge in [-0.25, -0.2) is 18.4 Å². The van der Waals surface area contributed by atoms with Crippen LogP contribution < -0.4 is 5.32 Å². The van der Waals surface area contributed by atoms with Crippen molar-refractivity contribution in [2.45, 2.75) is 47.7 Å². The Morgan fingerprint density at radius 1 is 1.19 bits per heavy atom. The molecule has 0 radical (unpaired) electrons. The summed E-state index contributed by atoms with van der Waals surface area (Å²) in [6, 6.07) is 6.67. The van der Waals surface area contributed by atoms with E-state index in [9.17, 15) is 26.4 Å². The fourth-order valence-electron chi connectivity index (χ4n) is 3.00. The molecule has 0 bridgehead atoms. The van der Waals surface area contributed by atoms with E-state index in [-0.39, 0.29) is 15.7 Å². The molecule has 1 N–H and O–H groups in total. The molecule has 7 nitrogen and oxygen atoms in total. The van der Waals surface area contributed by atoms with Crippen LogP contribution in [0.25, 0.3) is 0 Å². The summed E-state index contributed by atoms with van der Waals surface area (Å²) in [5.41, 5.74) is -0.811. The number of nitrogens with one attached hydrogen (secondary N) is 1. The number of piperidine rings is 1. The maximum atomic E-state index is 12.8. The van der Waals surface area contributed by atoms with Crippen molar-refractivity contribution in [2.75, 3.05) is 18.4 Å². The second kappa shape index (κ2) is 9.53. The molecule has 31 heavy (non-hydrogen) atoms. The van der Waals surface area contributed by atoms with Crippen molar-refractivity contribution in [3.05, 3.63) is 42.2 Å². The highest BCUT2D eigenvalue weighted by molar-refractivity contribution is 8.00. The number of carbonyl (C=O) groups is 1. The van der Waals surface area contributed by atoms with Gasteiger partial charge in [0.05, 0.1) is 10.1 Å². The van der Waals surface area contributed by atoms with Crippen LogP contribution in [0, 0.1) is 0 Å². The summed E-state index contributed by atoms with van der Waals surface area (Å²) in [4.78, 5) is 19.8. The van der Waals surface area contributed by atoms with Gasteiger partial charge in [0.2, 0.25) is 15.9 Å². The summed E-state index contributed by atoms with van der Waals surface area (Å²) in [6.45, 7) is 2.42. The number of hydrogen-bond donors (Lipinski definition) is 1. The van der Waals surface area contributed by atoms with E-state index in [0.717, 1.165) is 43.3 Å². The van der Waals surface area contributed by atoms with E-state index in [1.807, 2.05) is 0 Å². The second-order valence-corrected chi connectivity index (χ2v) is 10.2. The van der Waals surface area contributed by atoms with E-state index >= 15 is 0 Å². The van der Waals surface area contributed by atoms with Crippen molar-refractivity contribution < 1.29 is 26.4 Å². The fourth-order valence-corrected chi connectivity index (χ4v) is 5.32. The molecule has 0 spiro atoms. The lowest BCUT2D eigenvalue weighted by molar-refractivity contribution is -0.141. The summed E-state index contributed by atoms with van der Waals surface area (Å²) < 4.78 is 65.4. The Morgan fingerprint density at radius 2 is 1.90 bits per heavy atom. The first-order valence-corrected chi connectivity index (χ1v) is 11.9. The number of anilines is 1. The SMILES string of the molecule is CC(Sc1nccc(C(F)(F)F)n1)C(=O)Nc1cccc(S(=O)(=O)N2CCCCC2)c1. The number of nitrogens with zero attached hydrogens (tertiary/aromatic N) is 3. The predicted octanol–water partition coefficient (Wildman–Crippen LogP) is 3.79. The summed E-state index contributed by atoms with van der Waals surface area (Å²) in [7, 11) is -3.66. The van der Waals surface area contributed by atoms with Crippen LogP contribution in [0.3, 0.4) is 0 Å². The average Bonchev–Trinajstić information content (AvgIpc) is 2.74. The van der Waals surface area contributed by atoms with Crippen molar-refractivity contribution in [3.8, 4) is 0 Å². The van der Waals surface area contributed by atoms with Crippen LogP contribution in [0.15, 0.2) is 46.6 Å². The minimum absolute atomic E-state index is 0.0775. The minimum atomic E-state index is -4.61. The lowest BCUT2D eigenvalue weighted by atomic mass is 10.2. The molecular weight excluding hydrogens is 453 g/mol. The van der Waals surface area contributed by atoms with E-state index in [2.05, 4.69) is 15.3 Å². The highest BCUT2D eigenvalue weighted by Gasteiger charge is 2.33. The number of benzene rings is 1. The lowest BCUT2D eigenvalue weighted by Crippen LogP contribution is -2.35. The number of halogens is 3. The first kappa shape index (κ1) is 23.5. The van der Waals surface area contributed by atoms with E-state index in [1.54, 1.807) is 6.07 Å². The van der Waals surface area contributed by atoms with E-state index in [0.29, 0.717) is 13.1 Å². The molecule has 1 amide bonds. The molecule has 1 aliphatic rings. The standard InChI is InChI=1S/C19H21F3N4O3S2/c1-13(30-18-23-9-8-16(25-18)19(20,21)22)17(27)24-14-6-5-7-15(12-14)31(28,29)26-10-3-2-4-11-26/h5-9,12-13H,2-4,10-11H2,1H3,(H,24,27). The van der Waals surface area contributed by atoms with Crippen LogP contribution in [0.4, 0.5) is 18.9 Å². The zero-order valence-corrected chi connectivity index (χ0v) is 18.2. The van der Waals surface area contributed by atoms with Crippen molar-refractivity contribution in [2.24, 2.45) is 0 Å². The number of carbonyl (C=O) groups excluding carboxylic acids is 1. The van der Waals surface area contributed by atoms with Gasteiger partial charge in [-0.3, -0.25) is 4.79 Å². The molecule has 2 aromatic rings. The fraction of sp³-hybridized carbons (Fsp3) is 0.421. The topological polar surface area (TPSA) is 92.3 Å². The van der Waals surface area contributed by atoms with E-state index in [1.165, 1.54) is 29.4 Å². The van der Waals surface area contributed by atoms with E-state index < -0.39 is 33.1 Å². The number of sulfonamides is 1. The van der Waals surface area contributed by atoms with Crippen LogP contribution in [0.5, 0.6) is 0 Å². The molecule has 1 unspecified atom stereocenters. The zero-order chi connectivity index (χ0) is 22.6. The quantitative estimate of drug-likeness (QED) is 0.506. The van der Waals surface area contributed by atoms with Crippen molar-refractivity contribution in [3.63, 3.8) is 0 Å². The van der Waals surface area contributed by atoms with Crippen LogP contribution in [-0.2, 0) is 21.0 Å². The third kappa shape index (κ3) is 5.95. The maximum Gasteiger partial charge on any atom is 0.433 e. The molecule has 0 saturated carbocycles. The van der Waals surface area contributed by atoms with Gasteiger partial charge in [-0.05, 0) is 44.0 Å². The van der Waals surface area contributed by atoms with Gasteiger partial charge in [0, 0.05) is 25.0 Å². The summed E-state index contributed by atoms with van der Waals surface area (Å²) in [5.74, 6) is -0.515. The molecule has 1 aliphatic heterocycles. The Labute approximate surface area is 182 Å². The second-order valence-electron chi connectivity index (χ2n) is 6.96. The Kier molecular flexibility index (Phi) is 7.22. The monoisotopic (exact) mass is 474 g/mol. The number of alkyl halides is 3. The number of thioether (sulfide) groups is 1. The third-order valence-electron chi connectivity index (χ3n) is 4.63. The van der Waals surface area contributed by atoms with Crippen LogP contribution in [0.2, 0.25) is 0 Å². The number of rotatable bonds is 6. The van der Waals surface area contributed by atoms with Crippen LogP contribution >= 0.6 is 11.8 Å². The lowest BCUT2D eigenvalue weighted by Gasteiger charge is -2.26. The molecule has 1 fully saturated rings. The Balaban J connectivity index is 1.68.